The predicted molar refractivity (Wildman–Crippen MR) is 110 cm³/mol. The van der Waals surface area contributed by atoms with Gasteiger partial charge < -0.3 is 18.9 Å². The number of para-hydroxylation sites is 1. The fourth-order valence-corrected chi connectivity index (χ4v) is 5.97. The van der Waals surface area contributed by atoms with Crippen LogP contribution < -0.4 is 4.74 Å². The van der Waals surface area contributed by atoms with E-state index in [0.717, 1.165) is 37.9 Å². The zero-order valence-electron chi connectivity index (χ0n) is 18.2. The number of alkyl halides is 2. The van der Waals surface area contributed by atoms with Gasteiger partial charge in [-0.15, -0.1) is 0 Å². The lowest BCUT2D eigenvalue weighted by Gasteiger charge is -2.59. The van der Waals surface area contributed by atoms with Crippen molar-refractivity contribution in [1.29, 1.82) is 0 Å². The number of hydrogen-bond donors (Lipinski definition) is 0. The van der Waals surface area contributed by atoms with E-state index in [0.29, 0.717) is 32.7 Å². The van der Waals surface area contributed by atoms with Gasteiger partial charge >= 0.3 is 11.9 Å². The minimum Gasteiger partial charge on any atom is -0.491 e. The highest BCUT2D eigenvalue weighted by atomic mass is 19.3. The first-order valence-corrected chi connectivity index (χ1v) is 11.2. The van der Waals surface area contributed by atoms with Gasteiger partial charge in [-0.05, 0) is 74.3 Å². The van der Waals surface area contributed by atoms with Crippen molar-refractivity contribution in [2.45, 2.75) is 64.3 Å². The first-order chi connectivity index (χ1) is 14.7. The monoisotopic (exact) mass is 438 g/mol. The van der Waals surface area contributed by atoms with E-state index in [1.807, 2.05) is 37.3 Å². The lowest BCUT2D eigenvalue weighted by Crippen LogP contribution is -2.56. The van der Waals surface area contributed by atoms with Gasteiger partial charge in [0.15, 0.2) is 6.29 Å². The van der Waals surface area contributed by atoms with Crippen molar-refractivity contribution in [2.24, 2.45) is 23.2 Å². The second kappa shape index (κ2) is 9.02. The molecule has 3 atom stereocenters. The third-order valence-electron chi connectivity index (χ3n) is 6.99. The molecule has 1 aromatic rings. The molecule has 4 saturated carbocycles. The maximum Gasteiger partial charge on any atom is 0.376 e. The van der Waals surface area contributed by atoms with Crippen molar-refractivity contribution in [3.63, 3.8) is 0 Å². The fourth-order valence-electron chi connectivity index (χ4n) is 5.97. The summed E-state index contributed by atoms with van der Waals surface area (Å²) in [5.41, 5.74) is 0.0340. The molecular weight excluding hydrogens is 406 g/mol. The summed E-state index contributed by atoms with van der Waals surface area (Å²) in [6, 6.07) is 9.59. The molecule has 0 N–H and O–H groups in total. The van der Waals surface area contributed by atoms with Crippen LogP contribution in [0.4, 0.5) is 8.78 Å². The molecule has 0 heterocycles. The zero-order chi connectivity index (χ0) is 22.1. The van der Waals surface area contributed by atoms with Gasteiger partial charge in [-0.2, -0.15) is 8.78 Å². The maximum absolute atomic E-state index is 13.3. The third-order valence-corrected chi connectivity index (χ3v) is 6.99. The van der Waals surface area contributed by atoms with E-state index in [9.17, 15) is 13.6 Å². The molecule has 4 bridgehead atoms. The van der Waals surface area contributed by atoms with Gasteiger partial charge in [0.1, 0.15) is 18.5 Å². The Hall–Kier alpha value is -1.73. The first-order valence-electron chi connectivity index (χ1n) is 11.2. The van der Waals surface area contributed by atoms with Gasteiger partial charge in [-0.3, -0.25) is 0 Å². The number of rotatable bonds is 10. The average Bonchev–Trinajstić information content (AvgIpc) is 2.72. The van der Waals surface area contributed by atoms with Crippen LogP contribution in [0.2, 0.25) is 0 Å². The number of benzene rings is 1. The smallest absolute Gasteiger partial charge is 0.376 e. The Kier molecular flexibility index (Phi) is 6.54. The lowest BCUT2D eigenvalue weighted by molar-refractivity contribution is -0.217. The van der Waals surface area contributed by atoms with E-state index in [1.165, 1.54) is 0 Å². The average molecular weight is 439 g/mol. The van der Waals surface area contributed by atoms with Crippen LogP contribution in [0.15, 0.2) is 30.3 Å². The van der Waals surface area contributed by atoms with Gasteiger partial charge in [0.25, 0.3) is 0 Å². The Labute approximate surface area is 182 Å². The molecule has 5 nitrogen and oxygen atoms in total. The quantitative estimate of drug-likeness (QED) is 0.297. The molecule has 4 fully saturated rings. The van der Waals surface area contributed by atoms with Crippen molar-refractivity contribution in [3.8, 4) is 5.75 Å². The SMILES string of the molecule is CC(OCCOc1ccccc1)OCC12CC3CC(C1)C(OC(=O)C(C)(F)F)C(C3)C2. The van der Waals surface area contributed by atoms with Gasteiger partial charge in [0.05, 0.1) is 13.2 Å². The normalized spacial score (nSPS) is 32.6. The molecule has 5 rings (SSSR count). The Morgan fingerprint density at radius 3 is 2.42 bits per heavy atom. The molecule has 3 unspecified atom stereocenters. The molecule has 7 heteroatoms. The highest BCUT2D eigenvalue weighted by Crippen LogP contribution is 2.61. The van der Waals surface area contributed by atoms with Crippen LogP contribution in [0.5, 0.6) is 5.75 Å². The van der Waals surface area contributed by atoms with E-state index in [4.69, 9.17) is 18.9 Å². The number of ether oxygens (including phenoxy) is 4. The molecule has 0 amide bonds. The Morgan fingerprint density at radius 2 is 1.77 bits per heavy atom. The van der Waals surface area contributed by atoms with E-state index < -0.39 is 11.9 Å². The molecule has 4 aliphatic carbocycles. The van der Waals surface area contributed by atoms with Crippen LogP contribution in [0, 0.1) is 23.2 Å². The second-order valence-corrected chi connectivity index (χ2v) is 9.64. The molecule has 172 valence electrons. The van der Waals surface area contributed by atoms with Crippen LogP contribution in [0.25, 0.3) is 0 Å². The molecule has 0 aliphatic heterocycles. The molecule has 0 saturated heterocycles. The molecular formula is C24H32F2O5. The minimum atomic E-state index is -3.44. The standard InChI is InChI=1S/C24H32F2O5/c1-16(28-8-9-29-20-6-4-3-5-7-20)30-15-24-12-17-10-18(13-24)21(19(11-17)14-24)31-22(27)23(2,25)26/h3-7,16-19,21H,8-15H2,1-2H3. The minimum absolute atomic E-state index is 0.0340. The summed E-state index contributed by atoms with van der Waals surface area (Å²) in [4.78, 5) is 11.7. The third kappa shape index (κ3) is 5.37. The zero-order valence-corrected chi connectivity index (χ0v) is 18.2. The topological polar surface area (TPSA) is 54.0 Å². The van der Waals surface area contributed by atoms with Crippen molar-refractivity contribution in [1.82, 2.24) is 0 Å². The number of carbonyl (C=O) groups is 1. The molecule has 31 heavy (non-hydrogen) atoms. The summed E-state index contributed by atoms with van der Waals surface area (Å²) in [6.45, 7) is 3.95. The van der Waals surface area contributed by atoms with Gasteiger partial charge in [-0.1, -0.05) is 18.2 Å². The summed E-state index contributed by atoms with van der Waals surface area (Å²) in [5, 5.41) is 0. The summed E-state index contributed by atoms with van der Waals surface area (Å²) in [6.07, 6.45) is 3.98. The Bertz CT molecular complexity index is 734. The molecule has 0 aromatic heterocycles. The Morgan fingerprint density at radius 1 is 1.10 bits per heavy atom. The van der Waals surface area contributed by atoms with E-state index >= 15 is 0 Å². The number of carbonyl (C=O) groups excluding carboxylic acids is 1. The van der Waals surface area contributed by atoms with E-state index in [1.54, 1.807) is 0 Å². The van der Waals surface area contributed by atoms with Crippen LogP contribution in [0.3, 0.4) is 0 Å². The molecule has 1 aromatic carbocycles. The van der Waals surface area contributed by atoms with Crippen molar-refractivity contribution in [3.05, 3.63) is 30.3 Å². The second-order valence-electron chi connectivity index (χ2n) is 9.64. The maximum atomic E-state index is 13.3. The summed E-state index contributed by atoms with van der Waals surface area (Å²) < 4.78 is 49.4. The first kappa shape index (κ1) is 22.5. The number of hydrogen-bond acceptors (Lipinski definition) is 5. The highest BCUT2D eigenvalue weighted by Gasteiger charge is 2.57. The molecule has 0 spiro atoms. The van der Waals surface area contributed by atoms with Gasteiger partial charge in [0, 0.05) is 6.92 Å². The van der Waals surface area contributed by atoms with Crippen LogP contribution in [-0.4, -0.2) is 44.1 Å². The highest BCUT2D eigenvalue weighted by molar-refractivity contribution is 5.77. The van der Waals surface area contributed by atoms with E-state index in [2.05, 4.69) is 0 Å². The summed E-state index contributed by atoms with van der Waals surface area (Å²) in [5.74, 6) is -3.16. The summed E-state index contributed by atoms with van der Waals surface area (Å²) in [7, 11) is 0. The predicted octanol–water partition coefficient (Wildman–Crippen LogP) is 4.84. The lowest BCUT2D eigenvalue weighted by atomic mass is 9.49. The van der Waals surface area contributed by atoms with Crippen molar-refractivity contribution in [2.75, 3.05) is 19.8 Å². The largest absolute Gasteiger partial charge is 0.491 e. The van der Waals surface area contributed by atoms with Crippen LogP contribution >= 0.6 is 0 Å². The van der Waals surface area contributed by atoms with E-state index in [-0.39, 0.29) is 29.6 Å². The van der Waals surface area contributed by atoms with Gasteiger partial charge in [0.2, 0.25) is 0 Å². The summed E-state index contributed by atoms with van der Waals surface area (Å²) >= 11 is 0. The van der Waals surface area contributed by atoms with Crippen molar-refractivity contribution < 1.29 is 32.5 Å². The number of esters is 1. The van der Waals surface area contributed by atoms with Crippen molar-refractivity contribution >= 4 is 5.97 Å². The van der Waals surface area contributed by atoms with Crippen LogP contribution in [-0.2, 0) is 19.0 Å². The Balaban J connectivity index is 1.23. The number of halogens is 2. The molecule has 0 radical (unpaired) electrons. The fraction of sp³-hybridized carbons (Fsp3) is 0.708. The van der Waals surface area contributed by atoms with Crippen LogP contribution in [0.1, 0.15) is 46.0 Å². The molecule has 4 aliphatic rings. The van der Waals surface area contributed by atoms with Gasteiger partial charge in [-0.25, -0.2) is 4.79 Å².